The summed E-state index contributed by atoms with van der Waals surface area (Å²) in [6, 6.07) is 11.9. The molecule has 0 fully saturated rings. The first-order valence-electron chi connectivity index (χ1n) is 10.2. The normalized spacial score (nSPS) is 11.4. The van der Waals surface area contributed by atoms with Gasteiger partial charge in [-0.3, -0.25) is 4.68 Å². The van der Waals surface area contributed by atoms with Crippen molar-refractivity contribution < 1.29 is 23.1 Å². The maximum atomic E-state index is 13.0. The number of carboxylic acids is 1. The molecule has 0 saturated carbocycles. The number of carbonyl (C=O) groups is 1. The minimum Gasteiger partial charge on any atom is -0.478 e. The Bertz CT molecular complexity index is 1320. The van der Waals surface area contributed by atoms with Crippen LogP contribution in [-0.2, 0) is 19.1 Å². The van der Waals surface area contributed by atoms with Crippen LogP contribution in [0.25, 0.3) is 11.4 Å². The summed E-state index contributed by atoms with van der Waals surface area (Å²) in [7, 11) is 0. The van der Waals surface area contributed by atoms with Crippen LogP contribution in [-0.4, -0.2) is 36.0 Å². The van der Waals surface area contributed by atoms with Gasteiger partial charge >= 0.3 is 12.1 Å². The molecule has 2 N–H and O–H groups in total. The number of aromatic carboxylic acids is 1. The number of nitrogens with zero attached hydrogens (tertiary/aromatic N) is 5. The molecule has 0 unspecified atom stereocenters. The number of hydrogen-bond donors (Lipinski definition) is 2. The zero-order chi connectivity index (χ0) is 24.3. The van der Waals surface area contributed by atoms with Crippen molar-refractivity contribution in [3.8, 4) is 11.4 Å². The lowest BCUT2D eigenvalue weighted by Crippen LogP contribution is -2.06. The third kappa shape index (κ3) is 5.55. The van der Waals surface area contributed by atoms with Crippen LogP contribution in [0.5, 0.6) is 0 Å². The SMILES string of the molecule is Cc1cc(Nc2cc(C(F)(F)F)ccn2)nc(-c2cn(CCc3ccc(C(=O)O)cc3)nn2)c1. The highest BCUT2D eigenvalue weighted by Crippen LogP contribution is 2.30. The number of alkyl halides is 3. The van der Waals surface area contributed by atoms with Crippen molar-refractivity contribution in [2.24, 2.45) is 0 Å². The number of carboxylic acid groups (broad SMARTS) is 1. The third-order valence-electron chi connectivity index (χ3n) is 4.94. The summed E-state index contributed by atoms with van der Waals surface area (Å²) < 4.78 is 40.5. The Morgan fingerprint density at radius 2 is 1.82 bits per heavy atom. The van der Waals surface area contributed by atoms with E-state index in [1.165, 1.54) is 0 Å². The molecule has 1 aromatic carbocycles. The molecule has 3 aromatic heterocycles. The standard InChI is InChI=1S/C23H19F3N6O2/c1-14-10-18(28-21(11-14)29-20-12-17(6-8-27-20)23(24,25)26)19-13-32(31-30-19)9-7-15-2-4-16(5-3-15)22(33)34/h2-6,8,10-13H,7,9H2,1H3,(H,33,34)(H,27,28,29). The summed E-state index contributed by atoms with van der Waals surface area (Å²) in [6.45, 7) is 2.35. The van der Waals surface area contributed by atoms with Crippen LogP contribution < -0.4 is 5.32 Å². The first-order valence-corrected chi connectivity index (χ1v) is 10.2. The van der Waals surface area contributed by atoms with E-state index in [1.807, 2.05) is 6.92 Å². The average Bonchev–Trinajstić information content (AvgIpc) is 3.26. The molecule has 4 rings (SSSR count). The lowest BCUT2D eigenvalue weighted by atomic mass is 10.1. The predicted octanol–water partition coefficient (Wildman–Crippen LogP) is 4.75. The van der Waals surface area contributed by atoms with Gasteiger partial charge in [0.1, 0.15) is 17.3 Å². The van der Waals surface area contributed by atoms with Gasteiger partial charge < -0.3 is 10.4 Å². The van der Waals surface area contributed by atoms with Crippen LogP contribution in [0, 0.1) is 6.92 Å². The number of hydrogen-bond acceptors (Lipinski definition) is 6. The number of benzene rings is 1. The van der Waals surface area contributed by atoms with Gasteiger partial charge in [0.15, 0.2) is 0 Å². The summed E-state index contributed by atoms with van der Waals surface area (Å²) in [5, 5.41) is 20.1. The molecule has 8 nitrogen and oxygen atoms in total. The van der Waals surface area contributed by atoms with E-state index in [4.69, 9.17) is 5.11 Å². The molecule has 0 amide bonds. The van der Waals surface area contributed by atoms with Gasteiger partial charge in [0, 0.05) is 12.7 Å². The van der Waals surface area contributed by atoms with Crippen LogP contribution in [0.15, 0.2) is 60.9 Å². The van der Waals surface area contributed by atoms with Crippen molar-refractivity contribution in [2.75, 3.05) is 5.32 Å². The minimum absolute atomic E-state index is 0.0245. The largest absolute Gasteiger partial charge is 0.478 e. The molecule has 0 saturated heterocycles. The van der Waals surface area contributed by atoms with E-state index < -0.39 is 17.7 Å². The highest BCUT2D eigenvalue weighted by atomic mass is 19.4. The molecule has 174 valence electrons. The number of nitrogens with one attached hydrogen (secondary N) is 1. The Hall–Kier alpha value is -4.28. The van der Waals surface area contributed by atoms with Crippen molar-refractivity contribution in [1.29, 1.82) is 0 Å². The number of aryl methyl sites for hydroxylation is 3. The molecule has 0 aliphatic heterocycles. The molecule has 3 heterocycles. The monoisotopic (exact) mass is 468 g/mol. The van der Waals surface area contributed by atoms with E-state index in [1.54, 1.807) is 47.3 Å². The highest BCUT2D eigenvalue weighted by Gasteiger charge is 2.30. The van der Waals surface area contributed by atoms with Crippen molar-refractivity contribution in [2.45, 2.75) is 26.1 Å². The van der Waals surface area contributed by atoms with E-state index in [0.717, 1.165) is 29.5 Å². The summed E-state index contributed by atoms with van der Waals surface area (Å²) in [5.74, 6) is -0.623. The van der Waals surface area contributed by atoms with Crippen molar-refractivity contribution >= 4 is 17.6 Å². The molecule has 0 bridgehead atoms. The van der Waals surface area contributed by atoms with Crippen LogP contribution in [0.2, 0.25) is 0 Å². The number of aromatic nitrogens is 5. The van der Waals surface area contributed by atoms with Gasteiger partial charge in [-0.1, -0.05) is 17.3 Å². The second-order valence-electron chi connectivity index (χ2n) is 7.59. The van der Waals surface area contributed by atoms with Gasteiger partial charge in [0.05, 0.1) is 23.0 Å². The zero-order valence-electron chi connectivity index (χ0n) is 17.9. The predicted molar refractivity (Wildman–Crippen MR) is 118 cm³/mol. The molecular weight excluding hydrogens is 449 g/mol. The van der Waals surface area contributed by atoms with E-state index >= 15 is 0 Å². The summed E-state index contributed by atoms with van der Waals surface area (Å²) in [5.41, 5.74) is 2.21. The Kier molecular flexibility index (Phi) is 6.26. The lowest BCUT2D eigenvalue weighted by molar-refractivity contribution is -0.137. The van der Waals surface area contributed by atoms with Gasteiger partial charge in [0.25, 0.3) is 0 Å². The third-order valence-corrected chi connectivity index (χ3v) is 4.94. The fourth-order valence-electron chi connectivity index (χ4n) is 3.25. The quantitative estimate of drug-likeness (QED) is 0.403. The minimum atomic E-state index is -4.47. The first kappa shape index (κ1) is 22.9. The average molecular weight is 468 g/mol. The number of rotatable bonds is 7. The maximum absolute atomic E-state index is 13.0. The molecule has 0 radical (unpaired) electrons. The van der Waals surface area contributed by atoms with E-state index in [2.05, 4.69) is 25.6 Å². The van der Waals surface area contributed by atoms with E-state index in [-0.39, 0.29) is 11.4 Å². The smallest absolute Gasteiger partial charge is 0.416 e. The van der Waals surface area contributed by atoms with E-state index in [9.17, 15) is 18.0 Å². The fraction of sp³-hybridized carbons (Fsp3) is 0.174. The maximum Gasteiger partial charge on any atom is 0.416 e. The zero-order valence-corrected chi connectivity index (χ0v) is 17.9. The number of anilines is 2. The van der Waals surface area contributed by atoms with Crippen molar-refractivity contribution in [1.82, 2.24) is 25.0 Å². The van der Waals surface area contributed by atoms with Crippen LogP contribution in [0.4, 0.5) is 24.8 Å². The first-order chi connectivity index (χ1) is 16.2. The van der Waals surface area contributed by atoms with Crippen molar-refractivity contribution in [3.05, 3.63) is 83.2 Å². The number of pyridine rings is 2. The van der Waals surface area contributed by atoms with Gasteiger partial charge in [-0.25, -0.2) is 14.8 Å². The van der Waals surface area contributed by atoms with Gasteiger partial charge in [0.2, 0.25) is 0 Å². The van der Waals surface area contributed by atoms with Crippen LogP contribution >= 0.6 is 0 Å². The summed E-state index contributed by atoms with van der Waals surface area (Å²) >= 11 is 0. The second kappa shape index (κ2) is 9.30. The highest BCUT2D eigenvalue weighted by molar-refractivity contribution is 5.87. The van der Waals surface area contributed by atoms with E-state index in [0.29, 0.717) is 30.2 Å². The van der Waals surface area contributed by atoms with Gasteiger partial charge in [-0.05, 0) is 60.9 Å². The lowest BCUT2D eigenvalue weighted by Gasteiger charge is -2.10. The summed E-state index contributed by atoms with van der Waals surface area (Å²) in [6.07, 6.45) is -1.04. The molecular formula is C23H19F3N6O2. The number of halogens is 3. The van der Waals surface area contributed by atoms with Gasteiger partial charge in [-0.2, -0.15) is 13.2 Å². The molecule has 0 aliphatic rings. The Morgan fingerprint density at radius 3 is 2.53 bits per heavy atom. The summed E-state index contributed by atoms with van der Waals surface area (Å²) in [4.78, 5) is 19.3. The van der Waals surface area contributed by atoms with Crippen LogP contribution in [0.3, 0.4) is 0 Å². The Balaban J connectivity index is 1.47. The Labute approximate surface area is 192 Å². The van der Waals surface area contributed by atoms with Gasteiger partial charge in [-0.15, -0.1) is 5.10 Å². The molecule has 0 atom stereocenters. The topological polar surface area (TPSA) is 106 Å². The molecule has 4 aromatic rings. The molecule has 0 spiro atoms. The Morgan fingerprint density at radius 1 is 1.06 bits per heavy atom. The van der Waals surface area contributed by atoms with Crippen LogP contribution in [0.1, 0.15) is 27.0 Å². The molecule has 0 aliphatic carbocycles. The molecule has 34 heavy (non-hydrogen) atoms. The fourth-order valence-corrected chi connectivity index (χ4v) is 3.25. The van der Waals surface area contributed by atoms with Crippen molar-refractivity contribution in [3.63, 3.8) is 0 Å². The molecule has 11 heteroatoms. The second-order valence-corrected chi connectivity index (χ2v) is 7.59.